The summed E-state index contributed by atoms with van der Waals surface area (Å²) in [6, 6.07) is 3.87. The van der Waals surface area contributed by atoms with E-state index in [2.05, 4.69) is 4.72 Å². The Morgan fingerprint density at radius 1 is 1.43 bits per heavy atom. The lowest BCUT2D eigenvalue weighted by Gasteiger charge is -2.17. The maximum absolute atomic E-state index is 12.4. The third-order valence-corrected chi connectivity index (χ3v) is 4.99. The minimum absolute atomic E-state index is 0.113. The zero-order valence-electron chi connectivity index (χ0n) is 12.7. The van der Waals surface area contributed by atoms with Crippen LogP contribution in [0.5, 0.6) is 0 Å². The number of carbonyl (C=O) groups is 1. The molecule has 0 unspecified atom stereocenters. The number of hydrogen-bond acceptors (Lipinski definition) is 7. The number of ether oxygens (including phenoxy) is 1. The Kier molecular flexibility index (Phi) is 7.46. The van der Waals surface area contributed by atoms with Crippen LogP contribution < -0.4 is 4.72 Å². The molecule has 0 aliphatic rings. The summed E-state index contributed by atoms with van der Waals surface area (Å²) in [5.41, 5.74) is -0.549. The molecule has 1 aromatic rings. The molecule has 0 fully saturated rings. The van der Waals surface area contributed by atoms with Crippen LogP contribution in [0.1, 0.15) is 13.3 Å². The van der Waals surface area contributed by atoms with E-state index in [1.807, 2.05) is 6.26 Å². The average Bonchev–Trinajstić information content (AvgIpc) is 2.51. The zero-order chi connectivity index (χ0) is 17.5. The summed E-state index contributed by atoms with van der Waals surface area (Å²) in [5, 5.41) is 11.0. The van der Waals surface area contributed by atoms with Crippen LogP contribution in [0, 0.1) is 10.1 Å². The number of nitrogens with zero attached hydrogens (tertiary/aromatic N) is 1. The van der Waals surface area contributed by atoms with Gasteiger partial charge in [-0.2, -0.15) is 16.5 Å². The van der Waals surface area contributed by atoms with Crippen molar-refractivity contribution in [1.82, 2.24) is 4.72 Å². The van der Waals surface area contributed by atoms with E-state index in [0.717, 1.165) is 12.1 Å². The quantitative estimate of drug-likeness (QED) is 0.402. The minimum atomic E-state index is -4.23. The van der Waals surface area contributed by atoms with Crippen LogP contribution in [-0.2, 0) is 19.6 Å². The van der Waals surface area contributed by atoms with E-state index in [1.165, 1.54) is 23.9 Å². The van der Waals surface area contributed by atoms with Crippen LogP contribution in [0.3, 0.4) is 0 Å². The lowest BCUT2D eigenvalue weighted by Crippen LogP contribution is -2.42. The van der Waals surface area contributed by atoms with Gasteiger partial charge < -0.3 is 4.74 Å². The SMILES string of the molecule is CCOC(=O)[C@@H](CCSC)NS(=O)(=O)c1ccccc1[N+](=O)[O-]. The highest BCUT2D eigenvalue weighted by atomic mass is 32.2. The van der Waals surface area contributed by atoms with Crippen molar-refractivity contribution in [1.29, 1.82) is 0 Å². The second-order valence-electron chi connectivity index (χ2n) is 4.43. The average molecular weight is 362 g/mol. The Bertz CT molecular complexity index is 662. The number of thioether (sulfide) groups is 1. The smallest absolute Gasteiger partial charge is 0.324 e. The summed E-state index contributed by atoms with van der Waals surface area (Å²) in [5.74, 6) is -0.174. The first-order valence-corrected chi connectivity index (χ1v) is 9.62. The highest BCUT2D eigenvalue weighted by Crippen LogP contribution is 2.23. The lowest BCUT2D eigenvalue weighted by atomic mass is 10.2. The fourth-order valence-electron chi connectivity index (χ4n) is 1.79. The molecule has 10 heteroatoms. The Labute approximate surface area is 138 Å². The molecule has 128 valence electrons. The van der Waals surface area contributed by atoms with Crippen LogP contribution in [0.4, 0.5) is 5.69 Å². The monoisotopic (exact) mass is 362 g/mol. The molecule has 0 aliphatic carbocycles. The van der Waals surface area contributed by atoms with Crippen LogP contribution in [0.25, 0.3) is 0 Å². The number of benzene rings is 1. The summed E-state index contributed by atoms with van der Waals surface area (Å²) in [6.07, 6.45) is 2.04. The molecular formula is C13H18N2O6S2. The van der Waals surface area contributed by atoms with Crippen molar-refractivity contribution in [3.8, 4) is 0 Å². The molecule has 1 N–H and O–H groups in total. The molecule has 0 heterocycles. The van der Waals surface area contributed by atoms with E-state index in [4.69, 9.17) is 4.74 Å². The molecule has 0 amide bonds. The second kappa shape index (κ2) is 8.85. The Morgan fingerprint density at radius 3 is 2.65 bits per heavy atom. The molecule has 0 radical (unpaired) electrons. The first-order valence-electron chi connectivity index (χ1n) is 6.74. The lowest BCUT2D eigenvalue weighted by molar-refractivity contribution is -0.387. The van der Waals surface area contributed by atoms with Gasteiger partial charge in [-0.05, 0) is 31.4 Å². The van der Waals surface area contributed by atoms with E-state index in [9.17, 15) is 23.3 Å². The number of nitro groups is 1. The van der Waals surface area contributed by atoms with Gasteiger partial charge in [-0.15, -0.1) is 0 Å². The summed E-state index contributed by atoms with van der Waals surface area (Å²) < 4.78 is 31.9. The Hall–Kier alpha value is -1.65. The fraction of sp³-hybridized carbons (Fsp3) is 0.462. The van der Waals surface area contributed by atoms with Gasteiger partial charge in [0, 0.05) is 6.07 Å². The van der Waals surface area contributed by atoms with E-state index < -0.39 is 37.5 Å². The topological polar surface area (TPSA) is 116 Å². The first-order chi connectivity index (χ1) is 10.8. The van der Waals surface area contributed by atoms with Gasteiger partial charge in [0.2, 0.25) is 10.0 Å². The molecule has 23 heavy (non-hydrogen) atoms. The third-order valence-electron chi connectivity index (χ3n) is 2.83. The molecule has 0 aliphatic heterocycles. The summed E-state index contributed by atoms with van der Waals surface area (Å²) in [7, 11) is -4.23. The minimum Gasteiger partial charge on any atom is -0.465 e. The summed E-state index contributed by atoms with van der Waals surface area (Å²) in [6.45, 7) is 1.72. The van der Waals surface area contributed by atoms with Crippen LogP contribution in [-0.4, -0.2) is 44.0 Å². The molecular weight excluding hydrogens is 344 g/mol. The van der Waals surface area contributed by atoms with E-state index >= 15 is 0 Å². The number of sulfonamides is 1. The number of para-hydroxylation sites is 1. The number of nitrogens with one attached hydrogen (secondary N) is 1. The van der Waals surface area contributed by atoms with Gasteiger partial charge >= 0.3 is 5.97 Å². The van der Waals surface area contributed by atoms with Gasteiger partial charge in [-0.1, -0.05) is 12.1 Å². The van der Waals surface area contributed by atoms with Gasteiger partial charge in [0.1, 0.15) is 6.04 Å². The molecule has 0 spiro atoms. The van der Waals surface area contributed by atoms with Crippen molar-refractivity contribution in [2.24, 2.45) is 0 Å². The third kappa shape index (κ3) is 5.48. The van der Waals surface area contributed by atoms with Crippen molar-refractivity contribution in [3.63, 3.8) is 0 Å². The number of nitro benzene ring substituents is 1. The highest BCUT2D eigenvalue weighted by Gasteiger charge is 2.31. The predicted molar refractivity (Wildman–Crippen MR) is 86.8 cm³/mol. The predicted octanol–water partition coefficient (Wildman–Crippen LogP) is 1.56. The largest absolute Gasteiger partial charge is 0.465 e. The van der Waals surface area contributed by atoms with Gasteiger partial charge in [-0.3, -0.25) is 14.9 Å². The van der Waals surface area contributed by atoms with Crippen molar-refractivity contribution < 1.29 is 22.9 Å². The first kappa shape index (κ1) is 19.4. The van der Waals surface area contributed by atoms with Crippen molar-refractivity contribution in [3.05, 3.63) is 34.4 Å². The van der Waals surface area contributed by atoms with Crippen LogP contribution >= 0.6 is 11.8 Å². The molecule has 0 saturated heterocycles. The van der Waals surface area contributed by atoms with Crippen LogP contribution in [0.2, 0.25) is 0 Å². The molecule has 1 aromatic carbocycles. The standard InChI is InChI=1S/C13H18N2O6S2/c1-3-21-13(16)10(8-9-22-2)14-23(19,20)12-7-5-4-6-11(12)15(17)18/h4-7,10,14H,3,8-9H2,1-2H3/t10-/m1/s1. The highest BCUT2D eigenvalue weighted by molar-refractivity contribution is 7.98. The second-order valence-corrected chi connectivity index (χ2v) is 7.10. The van der Waals surface area contributed by atoms with E-state index in [0.29, 0.717) is 5.75 Å². The molecule has 0 saturated carbocycles. The van der Waals surface area contributed by atoms with E-state index in [-0.39, 0.29) is 13.0 Å². The maximum atomic E-state index is 12.4. The van der Waals surface area contributed by atoms with Crippen molar-refractivity contribution in [2.45, 2.75) is 24.3 Å². The Morgan fingerprint density at radius 2 is 2.09 bits per heavy atom. The van der Waals surface area contributed by atoms with Crippen molar-refractivity contribution >= 4 is 33.4 Å². The molecule has 8 nitrogen and oxygen atoms in total. The number of hydrogen-bond donors (Lipinski definition) is 1. The Balaban J connectivity index is 3.10. The zero-order valence-corrected chi connectivity index (χ0v) is 14.4. The number of rotatable bonds is 9. The van der Waals surface area contributed by atoms with Gasteiger partial charge in [0.05, 0.1) is 11.5 Å². The van der Waals surface area contributed by atoms with Gasteiger partial charge in [0.15, 0.2) is 4.90 Å². The van der Waals surface area contributed by atoms with Crippen LogP contribution in [0.15, 0.2) is 29.2 Å². The van der Waals surface area contributed by atoms with Gasteiger partial charge in [0.25, 0.3) is 5.69 Å². The fourth-order valence-corrected chi connectivity index (χ4v) is 3.65. The van der Waals surface area contributed by atoms with E-state index in [1.54, 1.807) is 6.92 Å². The maximum Gasteiger partial charge on any atom is 0.324 e. The summed E-state index contributed by atoms with van der Waals surface area (Å²) in [4.78, 5) is 21.6. The summed E-state index contributed by atoms with van der Waals surface area (Å²) >= 11 is 1.44. The molecule has 0 bridgehead atoms. The van der Waals surface area contributed by atoms with Crippen molar-refractivity contribution in [2.75, 3.05) is 18.6 Å². The normalized spacial score (nSPS) is 12.6. The number of esters is 1. The van der Waals surface area contributed by atoms with Gasteiger partial charge in [-0.25, -0.2) is 8.42 Å². The molecule has 0 aromatic heterocycles. The molecule has 1 atom stereocenters. The molecule has 1 rings (SSSR count). The number of carbonyl (C=O) groups excluding carboxylic acids is 1.